The van der Waals surface area contributed by atoms with Gasteiger partial charge >= 0.3 is 0 Å². The van der Waals surface area contributed by atoms with E-state index in [4.69, 9.17) is 5.73 Å². The summed E-state index contributed by atoms with van der Waals surface area (Å²) in [5.74, 6) is 0.697. The number of hydrogen-bond acceptors (Lipinski definition) is 4. The molecule has 0 saturated carbocycles. The predicted octanol–water partition coefficient (Wildman–Crippen LogP) is 1.29. The van der Waals surface area contributed by atoms with Crippen LogP contribution >= 0.6 is 15.9 Å². The summed E-state index contributed by atoms with van der Waals surface area (Å²) in [4.78, 5) is 4.33. The maximum absolute atomic E-state index is 5.41. The SMILES string of the molecule is NCCc1nnc2cc(Br)ccc2n1. The number of benzene rings is 1. The van der Waals surface area contributed by atoms with Crippen molar-refractivity contribution in [2.75, 3.05) is 6.54 Å². The van der Waals surface area contributed by atoms with E-state index in [9.17, 15) is 0 Å². The lowest BCUT2D eigenvalue weighted by atomic mass is 10.3. The molecule has 2 N–H and O–H groups in total. The van der Waals surface area contributed by atoms with Gasteiger partial charge in [-0.1, -0.05) is 15.9 Å². The van der Waals surface area contributed by atoms with Crippen molar-refractivity contribution in [1.29, 1.82) is 0 Å². The third kappa shape index (κ3) is 1.88. The summed E-state index contributed by atoms with van der Waals surface area (Å²) in [6.45, 7) is 0.545. The Labute approximate surface area is 89.7 Å². The van der Waals surface area contributed by atoms with Crippen molar-refractivity contribution in [2.45, 2.75) is 6.42 Å². The average molecular weight is 253 g/mol. The molecule has 72 valence electrons. The first-order chi connectivity index (χ1) is 6.79. The standard InChI is InChI=1S/C9H9BrN4/c10-6-1-2-7-8(5-6)13-14-9(12-7)3-4-11/h1-2,5H,3-4,11H2. The summed E-state index contributed by atoms with van der Waals surface area (Å²) in [6.07, 6.45) is 0.666. The van der Waals surface area contributed by atoms with Gasteiger partial charge < -0.3 is 5.73 Å². The van der Waals surface area contributed by atoms with E-state index in [0.717, 1.165) is 15.5 Å². The molecule has 0 aliphatic carbocycles. The van der Waals surface area contributed by atoms with Crippen LogP contribution in [0.3, 0.4) is 0 Å². The van der Waals surface area contributed by atoms with Crippen LogP contribution in [0.5, 0.6) is 0 Å². The number of fused-ring (bicyclic) bond motifs is 1. The van der Waals surface area contributed by atoms with E-state index in [1.54, 1.807) is 0 Å². The highest BCUT2D eigenvalue weighted by atomic mass is 79.9. The van der Waals surface area contributed by atoms with Gasteiger partial charge in [0.1, 0.15) is 5.52 Å². The van der Waals surface area contributed by atoms with Crippen molar-refractivity contribution in [3.63, 3.8) is 0 Å². The fraction of sp³-hybridized carbons (Fsp3) is 0.222. The van der Waals surface area contributed by atoms with Crippen LogP contribution in [0.15, 0.2) is 22.7 Å². The maximum Gasteiger partial charge on any atom is 0.152 e. The Kier molecular flexibility index (Phi) is 2.69. The summed E-state index contributed by atoms with van der Waals surface area (Å²) in [5.41, 5.74) is 7.06. The van der Waals surface area contributed by atoms with Gasteiger partial charge in [0, 0.05) is 10.9 Å². The van der Waals surface area contributed by atoms with Gasteiger partial charge in [-0.3, -0.25) is 0 Å². The van der Waals surface area contributed by atoms with Gasteiger partial charge in [0.15, 0.2) is 5.82 Å². The first-order valence-electron chi connectivity index (χ1n) is 4.28. The van der Waals surface area contributed by atoms with Crippen LogP contribution in [0.4, 0.5) is 0 Å². The average Bonchev–Trinajstić information content (AvgIpc) is 2.19. The maximum atomic E-state index is 5.41. The second-order valence-corrected chi connectivity index (χ2v) is 3.82. The fourth-order valence-electron chi connectivity index (χ4n) is 1.18. The quantitative estimate of drug-likeness (QED) is 0.875. The van der Waals surface area contributed by atoms with E-state index in [-0.39, 0.29) is 0 Å². The number of rotatable bonds is 2. The van der Waals surface area contributed by atoms with E-state index in [1.807, 2.05) is 18.2 Å². The molecule has 0 bridgehead atoms. The molecule has 1 heterocycles. The Hall–Kier alpha value is -1.07. The Balaban J connectivity index is 2.50. The fourth-order valence-corrected chi connectivity index (χ4v) is 1.53. The Morgan fingerprint density at radius 3 is 2.86 bits per heavy atom. The molecule has 0 saturated heterocycles. The van der Waals surface area contributed by atoms with Gasteiger partial charge in [-0.25, -0.2) is 4.98 Å². The molecule has 2 rings (SSSR count). The van der Waals surface area contributed by atoms with Crippen molar-refractivity contribution in [1.82, 2.24) is 15.2 Å². The topological polar surface area (TPSA) is 64.7 Å². The van der Waals surface area contributed by atoms with E-state index >= 15 is 0 Å². The van der Waals surface area contributed by atoms with Crippen LogP contribution in [0.1, 0.15) is 5.82 Å². The number of hydrogen-bond donors (Lipinski definition) is 1. The molecule has 0 fully saturated rings. The molecule has 2 aromatic rings. The molecule has 14 heavy (non-hydrogen) atoms. The number of aromatic nitrogens is 3. The first kappa shape index (κ1) is 9.48. The van der Waals surface area contributed by atoms with Crippen molar-refractivity contribution >= 4 is 27.0 Å². The van der Waals surface area contributed by atoms with Gasteiger partial charge in [0.25, 0.3) is 0 Å². The van der Waals surface area contributed by atoms with Crippen LogP contribution in [0, 0.1) is 0 Å². The zero-order valence-corrected chi connectivity index (χ0v) is 9.03. The molecule has 1 aromatic heterocycles. The Bertz CT molecular complexity index is 458. The zero-order valence-electron chi connectivity index (χ0n) is 7.44. The van der Waals surface area contributed by atoms with E-state index < -0.39 is 0 Å². The number of halogens is 1. The lowest BCUT2D eigenvalue weighted by molar-refractivity contribution is 0.832. The normalized spacial score (nSPS) is 10.7. The van der Waals surface area contributed by atoms with Gasteiger partial charge in [-0.2, -0.15) is 0 Å². The van der Waals surface area contributed by atoms with Crippen LogP contribution in [-0.2, 0) is 6.42 Å². The minimum atomic E-state index is 0.545. The molecule has 5 heteroatoms. The lowest BCUT2D eigenvalue weighted by Crippen LogP contribution is -2.07. The van der Waals surface area contributed by atoms with Crippen molar-refractivity contribution in [3.05, 3.63) is 28.5 Å². The van der Waals surface area contributed by atoms with Crippen LogP contribution in [0.25, 0.3) is 11.0 Å². The van der Waals surface area contributed by atoms with E-state index in [2.05, 4.69) is 31.1 Å². The molecule has 4 nitrogen and oxygen atoms in total. The predicted molar refractivity (Wildman–Crippen MR) is 57.8 cm³/mol. The first-order valence-corrected chi connectivity index (χ1v) is 5.08. The van der Waals surface area contributed by atoms with E-state index in [0.29, 0.717) is 18.8 Å². The molecule has 0 unspecified atom stereocenters. The summed E-state index contributed by atoms with van der Waals surface area (Å²) in [7, 11) is 0. The third-order valence-electron chi connectivity index (χ3n) is 1.83. The summed E-state index contributed by atoms with van der Waals surface area (Å²) in [5, 5.41) is 8.04. The highest BCUT2D eigenvalue weighted by Gasteiger charge is 2.00. The minimum Gasteiger partial charge on any atom is -0.330 e. The smallest absolute Gasteiger partial charge is 0.152 e. The largest absolute Gasteiger partial charge is 0.330 e. The van der Waals surface area contributed by atoms with Gasteiger partial charge in [0.2, 0.25) is 0 Å². The zero-order chi connectivity index (χ0) is 9.97. The molecule has 0 atom stereocenters. The van der Waals surface area contributed by atoms with E-state index in [1.165, 1.54) is 0 Å². The molecule has 0 aliphatic heterocycles. The van der Waals surface area contributed by atoms with Crippen molar-refractivity contribution in [2.24, 2.45) is 5.73 Å². The van der Waals surface area contributed by atoms with Gasteiger partial charge in [-0.05, 0) is 24.7 Å². The second-order valence-electron chi connectivity index (χ2n) is 2.90. The molecule has 0 spiro atoms. The molecular formula is C9H9BrN4. The second kappa shape index (κ2) is 3.98. The third-order valence-corrected chi connectivity index (χ3v) is 2.32. The molecule has 0 aliphatic rings. The molecule has 1 aromatic carbocycles. The molecular weight excluding hydrogens is 244 g/mol. The Morgan fingerprint density at radius 1 is 1.21 bits per heavy atom. The van der Waals surface area contributed by atoms with Crippen LogP contribution in [-0.4, -0.2) is 21.7 Å². The molecule has 0 amide bonds. The lowest BCUT2D eigenvalue weighted by Gasteiger charge is -1.99. The summed E-state index contributed by atoms with van der Waals surface area (Å²) >= 11 is 3.37. The van der Waals surface area contributed by atoms with Gasteiger partial charge in [-0.15, -0.1) is 10.2 Å². The number of nitrogens with zero attached hydrogens (tertiary/aromatic N) is 3. The summed E-state index contributed by atoms with van der Waals surface area (Å²) < 4.78 is 0.979. The van der Waals surface area contributed by atoms with Gasteiger partial charge in [0.05, 0.1) is 5.52 Å². The van der Waals surface area contributed by atoms with Crippen LogP contribution in [0.2, 0.25) is 0 Å². The van der Waals surface area contributed by atoms with Crippen molar-refractivity contribution in [3.8, 4) is 0 Å². The number of nitrogens with two attached hydrogens (primary N) is 1. The minimum absolute atomic E-state index is 0.545. The van der Waals surface area contributed by atoms with Crippen LogP contribution < -0.4 is 5.73 Å². The highest BCUT2D eigenvalue weighted by molar-refractivity contribution is 9.10. The Morgan fingerprint density at radius 2 is 2.07 bits per heavy atom. The van der Waals surface area contributed by atoms with Crippen molar-refractivity contribution < 1.29 is 0 Å². The summed E-state index contributed by atoms with van der Waals surface area (Å²) in [6, 6.07) is 5.74. The molecule has 0 radical (unpaired) electrons. The highest BCUT2D eigenvalue weighted by Crippen LogP contribution is 2.15. The monoisotopic (exact) mass is 252 g/mol.